The van der Waals surface area contributed by atoms with Gasteiger partial charge in [0, 0.05) is 32.2 Å². The third-order valence-electron chi connectivity index (χ3n) is 5.13. The van der Waals surface area contributed by atoms with E-state index >= 15 is 0 Å². The first-order chi connectivity index (χ1) is 13.9. The van der Waals surface area contributed by atoms with Crippen molar-refractivity contribution in [1.82, 2.24) is 15.5 Å². The maximum Gasteiger partial charge on any atom is 0.416 e. The molecule has 2 aromatic carbocycles. The van der Waals surface area contributed by atoms with Gasteiger partial charge in [-0.15, -0.1) is 0 Å². The van der Waals surface area contributed by atoms with Crippen LogP contribution in [0.2, 0.25) is 0 Å². The second kappa shape index (κ2) is 9.41. The predicted octanol–water partition coefficient (Wildman–Crippen LogP) is 3.57. The summed E-state index contributed by atoms with van der Waals surface area (Å²) in [5.41, 5.74) is 1.06. The van der Waals surface area contributed by atoms with E-state index < -0.39 is 11.7 Å². The molecule has 0 bridgehead atoms. The van der Waals surface area contributed by atoms with E-state index in [1.54, 1.807) is 6.07 Å². The van der Waals surface area contributed by atoms with Gasteiger partial charge in [0.2, 0.25) is 5.91 Å². The average Bonchev–Trinajstić information content (AvgIpc) is 3.10. The molecule has 2 N–H and O–H groups in total. The van der Waals surface area contributed by atoms with E-state index in [0.29, 0.717) is 38.2 Å². The van der Waals surface area contributed by atoms with E-state index in [-0.39, 0.29) is 18.0 Å². The first kappa shape index (κ1) is 21.3. The molecule has 0 aliphatic carbocycles. The van der Waals surface area contributed by atoms with Crippen LogP contribution in [-0.4, -0.2) is 36.0 Å². The Bertz CT molecular complexity index is 810. The lowest BCUT2D eigenvalue weighted by molar-refractivity contribution is -0.137. The fraction of sp³-hybridized carbons (Fsp3) is 0.409. The highest BCUT2D eigenvalue weighted by Gasteiger charge is 2.36. The number of likely N-dealkylation sites (N-methyl/N-ethyl adjacent to an activating group) is 1. The van der Waals surface area contributed by atoms with E-state index in [1.165, 1.54) is 12.1 Å². The van der Waals surface area contributed by atoms with Crippen LogP contribution in [0.3, 0.4) is 0 Å². The zero-order valence-electron chi connectivity index (χ0n) is 16.4. The van der Waals surface area contributed by atoms with E-state index in [0.717, 1.165) is 11.6 Å². The topological polar surface area (TPSA) is 44.4 Å². The van der Waals surface area contributed by atoms with E-state index in [2.05, 4.69) is 15.5 Å². The first-order valence-electron chi connectivity index (χ1n) is 9.82. The van der Waals surface area contributed by atoms with Crippen LogP contribution < -0.4 is 10.6 Å². The summed E-state index contributed by atoms with van der Waals surface area (Å²) < 4.78 is 38.7. The van der Waals surface area contributed by atoms with Crippen molar-refractivity contribution < 1.29 is 18.0 Å². The molecule has 1 heterocycles. The molecule has 1 amide bonds. The molecule has 0 spiro atoms. The number of nitrogens with one attached hydrogen (secondary N) is 2. The van der Waals surface area contributed by atoms with Crippen molar-refractivity contribution in [2.45, 2.75) is 44.7 Å². The largest absolute Gasteiger partial charge is 0.416 e. The maximum atomic E-state index is 12.9. The lowest BCUT2D eigenvalue weighted by Crippen LogP contribution is -2.42. The number of amides is 1. The summed E-state index contributed by atoms with van der Waals surface area (Å²) in [7, 11) is 0. The maximum absolute atomic E-state index is 12.9. The van der Waals surface area contributed by atoms with E-state index in [1.807, 2.05) is 37.3 Å². The highest BCUT2D eigenvalue weighted by Crippen LogP contribution is 2.29. The molecule has 1 saturated heterocycles. The molecular formula is C22H26F3N3O. The number of hydrogen-bond donors (Lipinski definition) is 2. The second-order valence-electron chi connectivity index (χ2n) is 7.34. The Labute approximate surface area is 169 Å². The number of nitrogens with zero attached hydrogens (tertiary/aromatic N) is 1. The molecule has 2 aromatic rings. The predicted molar refractivity (Wildman–Crippen MR) is 106 cm³/mol. The van der Waals surface area contributed by atoms with Crippen LogP contribution in [0.4, 0.5) is 13.2 Å². The standard InChI is InChI=1S/C22H26F3N3O/c1-2-26-21(29)20-12-19(15-28(20)14-16-7-4-3-5-8-16)27-13-17-9-6-10-18(11-17)22(23,24)25/h3-11,19-20,27H,2,12-15H2,1H3,(H,26,29)/t19-,20-/m0/s1. The van der Waals surface area contributed by atoms with Gasteiger partial charge in [-0.05, 0) is 30.5 Å². The molecule has 29 heavy (non-hydrogen) atoms. The van der Waals surface area contributed by atoms with Gasteiger partial charge in [0.1, 0.15) is 0 Å². The van der Waals surface area contributed by atoms with Gasteiger partial charge in [-0.3, -0.25) is 9.69 Å². The highest BCUT2D eigenvalue weighted by atomic mass is 19.4. The minimum Gasteiger partial charge on any atom is -0.355 e. The van der Waals surface area contributed by atoms with Gasteiger partial charge in [-0.2, -0.15) is 13.2 Å². The number of alkyl halides is 3. The fourth-order valence-electron chi connectivity index (χ4n) is 3.73. The molecular weight excluding hydrogens is 379 g/mol. The molecule has 3 rings (SSSR count). The molecule has 0 unspecified atom stereocenters. The van der Waals surface area contributed by atoms with Crippen molar-refractivity contribution in [2.75, 3.05) is 13.1 Å². The molecule has 2 atom stereocenters. The molecule has 0 radical (unpaired) electrons. The monoisotopic (exact) mass is 405 g/mol. The molecule has 1 aliphatic heterocycles. The number of hydrogen-bond acceptors (Lipinski definition) is 3. The zero-order valence-corrected chi connectivity index (χ0v) is 16.4. The zero-order chi connectivity index (χ0) is 20.9. The fourth-order valence-corrected chi connectivity index (χ4v) is 3.73. The number of rotatable bonds is 7. The lowest BCUT2D eigenvalue weighted by Gasteiger charge is -2.23. The smallest absolute Gasteiger partial charge is 0.355 e. The van der Waals surface area contributed by atoms with E-state index in [9.17, 15) is 18.0 Å². The van der Waals surface area contributed by atoms with Crippen molar-refractivity contribution in [3.8, 4) is 0 Å². The van der Waals surface area contributed by atoms with Crippen LogP contribution in [0.25, 0.3) is 0 Å². The van der Waals surface area contributed by atoms with Gasteiger partial charge >= 0.3 is 6.18 Å². The molecule has 7 heteroatoms. The first-order valence-corrected chi connectivity index (χ1v) is 9.82. The van der Waals surface area contributed by atoms with Crippen LogP contribution in [0.1, 0.15) is 30.0 Å². The Kier molecular flexibility index (Phi) is 6.92. The third-order valence-corrected chi connectivity index (χ3v) is 5.13. The van der Waals surface area contributed by atoms with Crippen LogP contribution in [0, 0.1) is 0 Å². The van der Waals surface area contributed by atoms with Crippen molar-refractivity contribution >= 4 is 5.91 Å². The van der Waals surface area contributed by atoms with E-state index in [4.69, 9.17) is 0 Å². The minimum absolute atomic E-state index is 0.00759. The SMILES string of the molecule is CCNC(=O)[C@@H]1C[C@H](NCc2cccc(C(F)(F)F)c2)CN1Cc1ccccc1. The lowest BCUT2D eigenvalue weighted by atomic mass is 10.1. The molecule has 0 saturated carbocycles. The van der Waals surface area contributed by atoms with Gasteiger partial charge in [0.25, 0.3) is 0 Å². The summed E-state index contributed by atoms with van der Waals surface area (Å²) >= 11 is 0. The molecule has 0 aromatic heterocycles. The van der Waals surface area contributed by atoms with Gasteiger partial charge in [-0.1, -0.05) is 48.5 Å². The molecule has 1 fully saturated rings. The summed E-state index contributed by atoms with van der Waals surface area (Å²) in [5.74, 6) is -0.00759. The Balaban J connectivity index is 1.65. The summed E-state index contributed by atoms with van der Waals surface area (Å²) in [6.07, 6.45) is -3.73. The summed E-state index contributed by atoms with van der Waals surface area (Å²) in [4.78, 5) is 14.6. The highest BCUT2D eigenvalue weighted by molar-refractivity contribution is 5.82. The minimum atomic E-state index is -4.35. The number of benzene rings is 2. The van der Waals surface area contributed by atoms with Gasteiger partial charge < -0.3 is 10.6 Å². The third kappa shape index (κ3) is 5.81. The summed E-state index contributed by atoms with van der Waals surface area (Å²) in [5, 5.41) is 6.22. The normalized spacial score (nSPS) is 20.0. The Morgan fingerprint density at radius 1 is 1.10 bits per heavy atom. The number of halogens is 3. The quantitative estimate of drug-likeness (QED) is 0.740. The number of likely N-dealkylation sites (tertiary alicyclic amines) is 1. The van der Waals surface area contributed by atoms with Crippen LogP contribution in [0.15, 0.2) is 54.6 Å². The van der Waals surface area contributed by atoms with Gasteiger partial charge in [0.05, 0.1) is 11.6 Å². The van der Waals surface area contributed by atoms with Crippen LogP contribution >= 0.6 is 0 Å². The second-order valence-corrected chi connectivity index (χ2v) is 7.34. The van der Waals surface area contributed by atoms with Crippen molar-refractivity contribution in [1.29, 1.82) is 0 Å². The van der Waals surface area contributed by atoms with Crippen LogP contribution in [-0.2, 0) is 24.1 Å². The van der Waals surface area contributed by atoms with Crippen molar-refractivity contribution in [3.63, 3.8) is 0 Å². The average molecular weight is 405 g/mol. The number of carbonyl (C=O) groups excluding carboxylic acids is 1. The molecule has 156 valence electrons. The van der Waals surface area contributed by atoms with Crippen molar-refractivity contribution in [3.05, 3.63) is 71.3 Å². The van der Waals surface area contributed by atoms with Crippen LogP contribution in [0.5, 0.6) is 0 Å². The Morgan fingerprint density at radius 3 is 2.52 bits per heavy atom. The van der Waals surface area contributed by atoms with Crippen molar-refractivity contribution in [2.24, 2.45) is 0 Å². The summed E-state index contributed by atoms with van der Waals surface area (Å²) in [6.45, 7) is 4.10. The molecule has 1 aliphatic rings. The number of carbonyl (C=O) groups is 1. The Morgan fingerprint density at radius 2 is 1.83 bits per heavy atom. The summed E-state index contributed by atoms with van der Waals surface area (Å²) in [6, 6.07) is 15.1. The van der Waals surface area contributed by atoms with Gasteiger partial charge in [-0.25, -0.2) is 0 Å². The van der Waals surface area contributed by atoms with Gasteiger partial charge in [0.15, 0.2) is 0 Å². The Hall–Kier alpha value is -2.38. The molecule has 4 nitrogen and oxygen atoms in total.